The van der Waals surface area contributed by atoms with E-state index in [4.69, 9.17) is 5.84 Å². The minimum atomic E-state index is -0.514. The molecule has 0 aliphatic heterocycles. The molecule has 3 unspecified atom stereocenters. The summed E-state index contributed by atoms with van der Waals surface area (Å²) in [6.07, 6.45) is 3.15. The molecule has 1 saturated carbocycles. The van der Waals surface area contributed by atoms with Crippen LogP contribution in [0.15, 0.2) is 12.1 Å². The number of rotatable bonds is 3. The molecule has 0 heterocycles. The average Bonchev–Trinajstić information content (AvgIpc) is 2.76. The van der Waals surface area contributed by atoms with Gasteiger partial charge in [-0.1, -0.05) is 25.8 Å². The molecule has 0 bridgehead atoms. The summed E-state index contributed by atoms with van der Waals surface area (Å²) >= 11 is 0. The molecule has 18 heavy (non-hydrogen) atoms. The molecule has 0 amide bonds. The zero-order chi connectivity index (χ0) is 13.3. The van der Waals surface area contributed by atoms with Gasteiger partial charge in [0.15, 0.2) is 0 Å². The number of aryl methyl sites for hydroxylation is 1. The van der Waals surface area contributed by atoms with Crippen LogP contribution in [0, 0.1) is 30.4 Å². The SMILES string of the molecule is Cc1ccc(F)c(C(NN)C2CCCC2C)c1F. The van der Waals surface area contributed by atoms with Crippen LogP contribution in [0.1, 0.15) is 43.4 Å². The van der Waals surface area contributed by atoms with Crippen LogP contribution in [-0.2, 0) is 0 Å². The van der Waals surface area contributed by atoms with Gasteiger partial charge in [0.1, 0.15) is 11.6 Å². The van der Waals surface area contributed by atoms with E-state index in [1.165, 1.54) is 12.1 Å². The zero-order valence-corrected chi connectivity index (χ0v) is 10.8. The highest BCUT2D eigenvalue weighted by atomic mass is 19.1. The topological polar surface area (TPSA) is 38.0 Å². The van der Waals surface area contributed by atoms with E-state index in [1.807, 2.05) is 0 Å². The molecule has 0 aromatic heterocycles. The maximum absolute atomic E-state index is 14.1. The van der Waals surface area contributed by atoms with E-state index < -0.39 is 17.7 Å². The minimum Gasteiger partial charge on any atom is -0.271 e. The number of halogens is 2. The molecule has 0 radical (unpaired) electrons. The molecule has 3 atom stereocenters. The van der Waals surface area contributed by atoms with E-state index in [1.54, 1.807) is 6.92 Å². The number of nitrogens with two attached hydrogens (primary N) is 1. The zero-order valence-electron chi connectivity index (χ0n) is 10.8. The lowest BCUT2D eigenvalue weighted by molar-refractivity contribution is 0.290. The van der Waals surface area contributed by atoms with Gasteiger partial charge >= 0.3 is 0 Å². The lowest BCUT2D eigenvalue weighted by atomic mass is 9.85. The number of hydrogen-bond acceptors (Lipinski definition) is 2. The number of nitrogens with one attached hydrogen (secondary N) is 1. The van der Waals surface area contributed by atoms with E-state index in [0.29, 0.717) is 11.5 Å². The normalized spacial score (nSPS) is 25.4. The van der Waals surface area contributed by atoms with Gasteiger partial charge in [-0.3, -0.25) is 11.3 Å². The molecule has 1 aliphatic rings. The molecule has 1 aromatic carbocycles. The Morgan fingerprint density at radius 3 is 2.61 bits per heavy atom. The van der Waals surface area contributed by atoms with Crippen LogP contribution in [-0.4, -0.2) is 0 Å². The number of hydrazine groups is 1. The van der Waals surface area contributed by atoms with Crippen molar-refractivity contribution in [3.05, 3.63) is 34.9 Å². The monoisotopic (exact) mass is 254 g/mol. The summed E-state index contributed by atoms with van der Waals surface area (Å²) in [5.74, 6) is 5.19. The Morgan fingerprint density at radius 2 is 2.06 bits per heavy atom. The summed E-state index contributed by atoms with van der Waals surface area (Å²) in [5, 5.41) is 0. The largest absolute Gasteiger partial charge is 0.271 e. The lowest BCUT2D eigenvalue weighted by Gasteiger charge is -2.27. The highest BCUT2D eigenvalue weighted by Crippen LogP contribution is 2.41. The molecule has 1 aliphatic carbocycles. The molecular weight excluding hydrogens is 234 g/mol. The molecule has 0 saturated heterocycles. The second-order valence-electron chi connectivity index (χ2n) is 5.31. The fraction of sp³-hybridized carbons (Fsp3) is 0.571. The molecule has 0 spiro atoms. The Morgan fingerprint density at radius 1 is 1.33 bits per heavy atom. The fourth-order valence-corrected chi connectivity index (χ4v) is 3.05. The molecular formula is C14H20F2N2. The molecule has 4 heteroatoms. The van der Waals surface area contributed by atoms with E-state index in [2.05, 4.69) is 12.3 Å². The van der Waals surface area contributed by atoms with Gasteiger partial charge in [0.25, 0.3) is 0 Å². The summed E-state index contributed by atoms with van der Waals surface area (Å²) in [7, 11) is 0. The van der Waals surface area contributed by atoms with Crippen molar-refractivity contribution in [3.63, 3.8) is 0 Å². The average molecular weight is 254 g/mol. The number of benzene rings is 1. The second kappa shape index (κ2) is 5.33. The maximum Gasteiger partial charge on any atom is 0.133 e. The summed E-state index contributed by atoms with van der Waals surface area (Å²) in [6.45, 7) is 3.76. The first kappa shape index (κ1) is 13.4. The molecule has 2 rings (SSSR count). The smallest absolute Gasteiger partial charge is 0.133 e. The molecule has 100 valence electrons. The summed E-state index contributed by atoms with van der Waals surface area (Å²) < 4.78 is 28.1. The fourth-order valence-electron chi connectivity index (χ4n) is 3.05. The van der Waals surface area contributed by atoms with Gasteiger partial charge in [-0.15, -0.1) is 0 Å². The van der Waals surface area contributed by atoms with E-state index in [0.717, 1.165) is 19.3 Å². The van der Waals surface area contributed by atoms with Crippen molar-refractivity contribution >= 4 is 0 Å². The first-order valence-corrected chi connectivity index (χ1v) is 6.47. The first-order valence-electron chi connectivity index (χ1n) is 6.47. The van der Waals surface area contributed by atoms with Crippen LogP contribution in [0.5, 0.6) is 0 Å². The van der Waals surface area contributed by atoms with Crippen LogP contribution in [0.4, 0.5) is 8.78 Å². The maximum atomic E-state index is 14.1. The first-order chi connectivity index (χ1) is 8.56. The molecule has 1 fully saturated rings. The van der Waals surface area contributed by atoms with Crippen molar-refractivity contribution in [1.29, 1.82) is 0 Å². The van der Waals surface area contributed by atoms with Gasteiger partial charge in [-0.2, -0.15) is 0 Å². The lowest BCUT2D eigenvalue weighted by Crippen LogP contribution is -2.36. The van der Waals surface area contributed by atoms with Crippen LogP contribution in [0.25, 0.3) is 0 Å². The summed E-state index contributed by atoms with van der Waals surface area (Å²) in [5.41, 5.74) is 3.17. The summed E-state index contributed by atoms with van der Waals surface area (Å²) in [6, 6.07) is 2.33. The van der Waals surface area contributed by atoms with Crippen LogP contribution < -0.4 is 11.3 Å². The van der Waals surface area contributed by atoms with Crippen molar-refractivity contribution in [1.82, 2.24) is 5.43 Å². The predicted octanol–water partition coefficient (Wildman–Crippen LogP) is 3.21. The standard InChI is InChI=1S/C14H20F2N2/c1-8-4-3-5-10(8)14(18-17)12-11(15)7-6-9(2)13(12)16/h6-8,10,14,18H,3-5,17H2,1-2H3. The Bertz CT molecular complexity index is 434. The Labute approximate surface area is 107 Å². The van der Waals surface area contributed by atoms with Crippen LogP contribution in [0.2, 0.25) is 0 Å². The quantitative estimate of drug-likeness (QED) is 0.642. The Hall–Kier alpha value is -1.00. The summed E-state index contributed by atoms with van der Waals surface area (Å²) in [4.78, 5) is 0. The van der Waals surface area contributed by atoms with Gasteiger partial charge in [0.2, 0.25) is 0 Å². The third kappa shape index (κ3) is 2.27. The van der Waals surface area contributed by atoms with Gasteiger partial charge in [0.05, 0.1) is 6.04 Å². The highest BCUT2D eigenvalue weighted by Gasteiger charge is 2.34. The molecule has 2 nitrogen and oxygen atoms in total. The Kier molecular flexibility index (Phi) is 3.97. The van der Waals surface area contributed by atoms with Gasteiger partial charge in [-0.25, -0.2) is 8.78 Å². The van der Waals surface area contributed by atoms with Crippen molar-refractivity contribution in [2.24, 2.45) is 17.7 Å². The van der Waals surface area contributed by atoms with Crippen LogP contribution in [0.3, 0.4) is 0 Å². The van der Waals surface area contributed by atoms with Gasteiger partial charge < -0.3 is 0 Å². The number of hydrogen-bond donors (Lipinski definition) is 2. The van der Waals surface area contributed by atoms with E-state index in [-0.39, 0.29) is 11.5 Å². The second-order valence-corrected chi connectivity index (χ2v) is 5.31. The van der Waals surface area contributed by atoms with Crippen molar-refractivity contribution < 1.29 is 8.78 Å². The minimum absolute atomic E-state index is 0.0938. The Balaban J connectivity index is 2.41. The van der Waals surface area contributed by atoms with Gasteiger partial charge in [0, 0.05) is 5.56 Å². The molecule has 3 N–H and O–H groups in total. The third-order valence-corrected chi connectivity index (χ3v) is 4.17. The van der Waals surface area contributed by atoms with E-state index >= 15 is 0 Å². The van der Waals surface area contributed by atoms with Crippen molar-refractivity contribution in [2.75, 3.05) is 0 Å². The predicted molar refractivity (Wildman–Crippen MR) is 67.7 cm³/mol. The van der Waals surface area contributed by atoms with Crippen molar-refractivity contribution in [3.8, 4) is 0 Å². The highest BCUT2D eigenvalue weighted by molar-refractivity contribution is 5.30. The third-order valence-electron chi connectivity index (χ3n) is 4.17. The van der Waals surface area contributed by atoms with Gasteiger partial charge in [-0.05, 0) is 36.8 Å². The van der Waals surface area contributed by atoms with Crippen molar-refractivity contribution in [2.45, 2.75) is 39.2 Å². The van der Waals surface area contributed by atoms with Crippen LogP contribution >= 0.6 is 0 Å². The molecule has 1 aromatic rings. The van der Waals surface area contributed by atoms with E-state index in [9.17, 15) is 8.78 Å².